The van der Waals surface area contributed by atoms with Crippen LogP contribution in [0.1, 0.15) is 18.4 Å². The lowest BCUT2D eigenvalue weighted by Gasteiger charge is -2.08. The molecule has 0 atom stereocenters. The van der Waals surface area contributed by atoms with E-state index in [0.717, 1.165) is 11.3 Å². The normalized spacial score (nSPS) is 10.2. The number of carbonyl (C=O) groups is 2. The highest BCUT2D eigenvalue weighted by Crippen LogP contribution is 2.22. The van der Waals surface area contributed by atoms with Crippen LogP contribution < -0.4 is 15.5 Å². The van der Waals surface area contributed by atoms with E-state index in [1.165, 1.54) is 0 Å². The van der Waals surface area contributed by atoms with Gasteiger partial charge in [0.05, 0.1) is 6.61 Å². The third kappa shape index (κ3) is 7.12. The second kappa shape index (κ2) is 10.6. The van der Waals surface area contributed by atoms with E-state index in [0.29, 0.717) is 11.4 Å². The van der Waals surface area contributed by atoms with Crippen LogP contribution in [0.5, 0.6) is 11.5 Å². The molecule has 148 valence electrons. The second-order valence-electron chi connectivity index (χ2n) is 6.29. The minimum atomic E-state index is -0.345. The van der Waals surface area contributed by atoms with Crippen molar-refractivity contribution in [2.24, 2.45) is 0 Å². The molecule has 0 saturated heterocycles. The predicted octanol–water partition coefficient (Wildman–Crippen LogP) is 4.45. The number of rotatable bonds is 9. The fourth-order valence-corrected chi connectivity index (χ4v) is 2.51. The molecule has 0 spiro atoms. The van der Waals surface area contributed by atoms with E-state index in [-0.39, 0.29) is 31.3 Å². The van der Waals surface area contributed by atoms with Gasteiger partial charge in [0.15, 0.2) is 0 Å². The van der Waals surface area contributed by atoms with Crippen molar-refractivity contribution in [1.29, 1.82) is 0 Å². The predicted molar refractivity (Wildman–Crippen MR) is 110 cm³/mol. The Bertz CT molecular complexity index is 913. The van der Waals surface area contributed by atoms with Crippen LogP contribution >= 0.6 is 0 Å². The van der Waals surface area contributed by atoms with Crippen LogP contribution in [0.2, 0.25) is 0 Å². The molecular weight excluding hydrogens is 368 g/mol. The third-order valence-corrected chi connectivity index (χ3v) is 3.96. The topological polar surface area (TPSA) is 76.7 Å². The van der Waals surface area contributed by atoms with Gasteiger partial charge in [0.25, 0.3) is 0 Å². The molecule has 0 aromatic heterocycles. The molecule has 29 heavy (non-hydrogen) atoms. The van der Waals surface area contributed by atoms with E-state index < -0.39 is 0 Å². The quantitative estimate of drug-likeness (QED) is 0.530. The standard InChI is InChI=1S/C23H22N2O4/c26-22(15-16-23(27)25-28-17-18-7-3-1-4-8-18)24-19-11-13-21(14-12-19)29-20-9-5-2-6-10-20/h1-14H,15-17H2,(H,24,26)(H,25,27). The molecule has 0 aliphatic carbocycles. The van der Waals surface area contributed by atoms with Crippen molar-refractivity contribution in [3.63, 3.8) is 0 Å². The zero-order chi connectivity index (χ0) is 20.3. The molecule has 2 amide bonds. The molecule has 6 heteroatoms. The van der Waals surface area contributed by atoms with Gasteiger partial charge < -0.3 is 10.1 Å². The summed E-state index contributed by atoms with van der Waals surface area (Å²) in [7, 11) is 0. The zero-order valence-corrected chi connectivity index (χ0v) is 15.8. The Morgan fingerprint density at radius 2 is 1.28 bits per heavy atom. The maximum Gasteiger partial charge on any atom is 0.244 e. The van der Waals surface area contributed by atoms with Gasteiger partial charge in [0.1, 0.15) is 11.5 Å². The number of hydrogen-bond donors (Lipinski definition) is 2. The molecule has 3 aromatic rings. The van der Waals surface area contributed by atoms with E-state index in [4.69, 9.17) is 9.57 Å². The summed E-state index contributed by atoms with van der Waals surface area (Å²) in [5.41, 5.74) is 3.93. The highest BCUT2D eigenvalue weighted by atomic mass is 16.6. The number of hydroxylamine groups is 1. The number of ether oxygens (including phenoxy) is 1. The molecule has 0 fully saturated rings. The van der Waals surface area contributed by atoms with Crippen LogP contribution in [0.25, 0.3) is 0 Å². The van der Waals surface area contributed by atoms with Gasteiger partial charge in [0.2, 0.25) is 11.8 Å². The fourth-order valence-electron chi connectivity index (χ4n) is 2.51. The first-order valence-corrected chi connectivity index (χ1v) is 9.26. The van der Waals surface area contributed by atoms with Crippen LogP contribution in [0, 0.1) is 0 Å². The first kappa shape index (κ1) is 20.1. The van der Waals surface area contributed by atoms with Crippen LogP contribution in [-0.4, -0.2) is 11.8 Å². The van der Waals surface area contributed by atoms with Gasteiger partial charge in [-0.25, -0.2) is 5.48 Å². The molecule has 0 radical (unpaired) electrons. The van der Waals surface area contributed by atoms with Crippen molar-refractivity contribution in [3.8, 4) is 11.5 Å². The minimum absolute atomic E-state index is 0.0375. The Morgan fingerprint density at radius 3 is 1.97 bits per heavy atom. The lowest BCUT2D eigenvalue weighted by molar-refractivity contribution is -0.135. The lowest BCUT2D eigenvalue weighted by atomic mass is 10.2. The van der Waals surface area contributed by atoms with E-state index >= 15 is 0 Å². The number of nitrogens with one attached hydrogen (secondary N) is 2. The van der Waals surface area contributed by atoms with E-state index in [9.17, 15) is 9.59 Å². The Balaban J connectivity index is 1.36. The highest BCUT2D eigenvalue weighted by molar-refractivity contribution is 5.93. The summed E-state index contributed by atoms with van der Waals surface area (Å²) in [6.07, 6.45) is 0.0959. The molecule has 0 bridgehead atoms. The Morgan fingerprint density at radius 1 is 0.690 bits per heavy atom. The summed E-state index contributed by atoms with van der Waals surface area (Å²) in [6, 6.07) is 26.0. The first-order valence-electron chi connectivity index (χ1n) is 9.26. The summed E-state index contributed by atoms with van der Waals surface area (Å²) in [5, 5.41) is 2.75. The summed E-state index contributed by atoms with van der Waals surface area (Å²) in [6.45, 7) is 0.274. The van der Waals surface area contributed by atoms with Gasteiger partial charge in [0, 0.05) is 18.5 Å². The number of carbonyl (C=O) groups excluding carboxylic acids is 2. The third-order valence-electron chi connectivity index (χ3n) is 3.96. The fraction of sp³-hybridized carbons (Fsp3) is 0.130. The molecule has 0 unspecified atom stereocenters. The summed E-state index contributed by atoms with van der Waals surface area (Å²) in [4.78, 5) is 28.9. The molecule has 0 aliphatic heterocycles. The first-order chi connectivity index (χ1) is 14.2. The molecule has 0 aliphatic rings. The lowest BCUT2D eigenvalue weighted by Crippen LogP contribution is -2.25. The molecule has 0 saturated carbocycles. The summed E-state index contributed by atoms with van der Waals surface area (Å²) < 4.78 is 5.71. The van der Waals surface area contributed by atoms with Crippen molar-refractivity contribution >= 4 is 17.5 Å². The summed E-state index contributed by atoms with van der Waals surface area (Å²) in [5.74, 6) is 0.816. The number of anilines is 1. The van der Waals surface area contributed by atoms with Gasteiger partial charge in [-0.1, -0.05) is 48.5 Å². The number of benzene rings is 3. The second-order valence-corrected chi connectivity index (χ2v) is 6.29. The molecule has 0 heterocycles. The van der Waals surface area contributed by atoms with Crippen molar-refractivity contribution in [2.45, 2.75) is 19.4 Å². The molecule has 3 rings (SSSR count). The average Bonchev–Trinajstić information content (AvgIpc) is 2.75. The van der Waals surface area contributed by atoms with Crippen molar-refractivity contribution in [2.75, 3.05) is 5.32 Å². The summed E-state index contributed by atoms with van der Waals surface area (Å²) >= 11 is 0. The van der Waals surface area contributed by atoms with Gasteiger partial charge in [-0.2, -0.15) is 0 Å². The van der Waals surface area contributed by atoms with Crippen molar-refractivity contribution < 1.29 is 19.2 Å². The van der Waals surface area contributed by atoms with E-state index in [2.05, 4.69) is 10.8 Å². The minimum Gasteiger partial charge on any atom is -0.457 e. The Kier molecular flexibility index (Phi) is 7.37. The number of hydrogen-bond acceptors (Lipinski definition) is 4. The maximum absolute atomic E-state index is 12.0. The van der Waals surface area contributed by atoms with Crippen molar-refractivity contribution in [3.05, 3.63) is 90.5 Å². The molecular formula is C23H22N2O4. The van der Waals surface area contributed by atoms with Crippen LogP contribution in [0.3, 0.4) is 0 Å². The van der Waals surface area contributed by atoms with Crippen LogP contribution in [-0.2, 0) is 21.0 Å². The SMILES string of the molecule is O=C(CCC(=O)Nc1ccc(Oc2ccccc2)cc1)NOCc1ccccc1. The van der Waals surface area contributed by atoms with Crippen LogP contribution in [0.15, 0.2) is 84.9 Å². The van der Waals surface area contributed by atoms with Gasteiger partial charge in [-0.3, -0.25) is 14.4 Å². The van der Waals surface area contributed by atoms with Gasteiger partial charge in [-0.05, 0) is 42.0 Å². The number of amides is 2. The molecule has 6 nitrogen and oxygen atoms in total. The highest BCUT2D eigenvalue weighted by Gasteiger charge is 2.08. The smallest absolute Gasteiger partial charge is 0.244 e. The van der Waals surface area contributed by atoms with Crippen LogP contribution in [0.4, 0.5) is 5.69 Å². The zero-order valence-electron chi connectivity index (χ0n) is 15.8. The molecule has 3 aromatic carbocycles. The van der Waals surface area contributed by atoms with Crippen molar-refractivity contribution in [1.82, 2.24) is 5.48 Å². The van der Waals surface area contributed by atoms with Gasteiger partial charge in [-0.15, -0.1) is 0 Å². The Labute approximate surface area is 169 Å². The molecule has 2 N–H and O–H groups in total. The maximum atomic E-state index is 12.0. The Hall–Kier alpha value is -3.64. The van der Waals surface area contributed by atoms with E-state index in [1.54, 1.807) is 24.3 Å². The van der Waals surface area contributed by atoms with Gasteiger partial charge >= 0.3 is 0 Å². The largest absolute Gasteiger partial charge is 0.457 e. The average molecular weight is 390 g/mol. The van der Waals surface area contributed by atoms with E-state index in [1.807, 2.05) is 60.7 Å². The number of para-hydroxylation sites is 1. The monoisotopic (exact) mass is 390 g/mol.